The van der Waals surface area contributed by atoms with Crippen LogP contribution in [0.25, 0.3) is 0 Å². The zero-order valence-corrected chi connectivity index (χ0v) is 10.4. The van der Waals surface area contributed by atoms with Gasteiger partial charge in [-0.2, -0.15) is 0 Å². The van der Waals surface area contributed by atoms with Crippen LogP contribution < -0.4 is 10.5 Å². The molecule has 1 aromatic heterocycles. The minimum Gasteiger partial charge on any atom is -0.487 e. The molecular weight excluding hydrogens is 233 g/mol. The summed E-state index contributed by atoms with van der Waals surface area (Å²) in [6, 6.07) is 4.19. The standard InChI is InChI=1S/C13H16FN3O/c1-9(15)12-4-3-10(14)5-13(12)18-7-11-6-16-8-17(11)2/h3-6,8-9H,7,15H2,1-2H3. The number of hydrogen-bond donors (Lipinski definition) is 1. The van der Waals surface area contributed by atoms with Crippen LogP contribution in [0, 0.1) is 5.82 Å². The number of aromatic nitrogens is 2. The molecule has 0 spiro atoms. The van der Waals surface area contributed by atoms with E-state index >= 15 is 0 Å². The molecule has 0 aliphatic heterocycles. The second-order valence-electron chi connectivity index (χ2n) is 4.26. The van der Waals surface area contributed by atoms with Gasteiger partial charge in [-0.25, -0.2) is 9.37 Å². The smallest absolute Gasteiger partial charge is 0.130 e. The van der Waals surface area contributed by atoms with Crippen LogP contribution in [0.5, 0.6) is 5.75 Å². The summed E-state index contributed by atoms with van der Waals surface area (Å²) in [5, 5.41) is 0. The van der Waals surface area contributed by atoms with Crippen molar-refractivity contribution >= 4 is 0 Å². The molecule has 0 saturated heterocycles. The molecule has 0 amide bonds. The number of benzene rings is 1. The number of halogens is 1. The highest BCUT2D eigenvalue weighted by Gasteiger charge is 2.10. The van der Waals surface area contributed by atoms with Gasteiger partial charge in [0.05, 0.1) is 18.2 Å². The Morgan fingerprint density at radius 1 is 1.50 bits per heavy atom. The van der Waals surface area contributed by atoms with Gasteiger partial charge in [0.1, 0.15) is 18.2 Å². The summed E-state index contributed by atoms with van der Waals surface area (Å²) in [6.07, 6.45) is 3.40. The second-order valence-corrected chi connectivity index (χ2v) is 4.26. The maximum atomic E-state index is 13.2. The molecule has 0 saturated carbocycles. The van der Waals surface area contributed by atoms with Crippen LogP contribution >= 0.6 is 0 Å². The predicted octanol–water partition coefficient (Wildman–Crippen LogP) is 2.16. The Balaban J connectivity index is 2.18. The Morgan fingerprint density at radius 3 is 2.89 bits per heavy atom. The van der Waals surface area contributed by atoms with Crippen molar-refractivity contribution in [1.29, 1.82) is 0 Å². The van der Waals surface area contributed by atoms with E-state index in [4.69, 9.17) is 10.5 Å². The van der Waals surface area contributed by atoms with E-state index in [1.54, 1.807) is 18.6 Å². The zero-order valence-electron chi connectivity index (χ0n) is 10.4. The van der Waals surface area contributed by atoms with Crippen LogP contribution in [0.15, 0.2) is 30.7 Å². The minimum absolute atomic E-state index is 0.202. The summed E-state index contributed by atoms with van der Waals surface area (Å²) in [7, 11) is 1.88. The third kappa shape index (κ3) is 2.68. The summed E-state index contributed by atoms with van der Waals surface area (Å²) < 4.78 is 20.7. The van der Waals surface area contributed by atoms with Crippen LogP contribution in [-0.4, -0.2) is 9.55 Å². The van der Waals surface area contributed by atoms with Gasteiger partial charge in [0.2, 0.25) is 0 Å². The molecule has 0 aliphatic carbocycles. The molecule has 2 rings (SSSR count). The molecule has 5 heteroatoms. The minimum atomic E-state index is -0.334. The maximum absolute atomic E-state index is 13.2. The molecule has 2 N–H and O–H groups in total. The average Bonchev–Trinajstić information content (AvgIpc) is 2.72. The SMILES string of the molecule is CC(N)c1ccc(F)cc1OCc1cncn1C. The lowest BCUT2D eigenvalue weighted by Gasteiger charge is -2.14. The van der Waals surface area contributed by atoms with Gasteiger partial charge in [0, 0.05) is 24.7 Å². The van der Waals surface area contributed by atoms with Crippen LogP contribution in [0.4, 0.5) is 4.39 Å². The van der Waals surface area contributed by atoms with E-state index in [2.05, 4.69) is 4.98 Å². The normalized spacial score (nSPS) is 12.4. The first-order valence-electron chi connectivity index (χ1n) is 5.71. The highest BCUT2D eigenvalue weighted by atomic mass is 19.1. The number of ether oxygens (including phenoxy) is 1. The van der Waals surface area contributed by atoms with E-state index in [0.717, 1.165) is 11.3 Å². The first-order valence-corrected chi connectivity index (χ1v) is 5.71. The average molecular weight is 249 g/mol. The van der Waals surface area contributed by atoms with E-state index in [0.29, 0.717) is 12.4 Å². The van der Waals surface area contributed by atoms with Crippen molar-refractivity contribution in [3.63, 3.8) is 0 Å². The molecule has 1 aromatic carbocycles. The van der Waals surface area contributed by atoms with Crippen molar-refractivity contribution in [3.8, 4) is 5.75 Å². The molecule has 1 unspecified atom stereocenters. The van der Waals surface area contributed by atoms with Crippen molar-refractivity contribution < 1.29 is 9.13 Å². The second kappa shape index (κ2) is 5.18. The van der Waals surface area contributed by atoms with Crippen LogP contribution in [0.3, 0.4) is 0 Å². The van der Waals surface area contributed by atoms with Crippen molar-refractivity contribution in [3.05, 3.63) is 47.8 Å². The van der Waals surface area contributed by atoms with Gasteiger partial charge in [-0.3, -0.25) is 0 Å². The molecule has 96 valence electrons. The van der Waals surface area contributed by atoms with E-state index < -0.39 is 0 Å². The molecule has 4 nitrogen and oxygen atoms in total. The molecular formula is C13H16FN3O. The van der Waals surface area contributed by atoms with Gasteiger partial charge in [0.25, 0.3) is 0 Å². The van der Waals surface area contributed by atoms with E-state index in [1.165, 1.54) is 12.1 Å². The van der Waals surface area contributed by atoms with Gasteiger partial charge in [-0.1, -0.05) is 6.07 Å². The van der Waals surface area contributed by atoms with E-state index in [-0.39, 0.29) is 11.9 Å². The van der Waals surface area contributed by atoms with Crippen LogP contribution in [0.2, 0.25) is 0 Å². The van der Waals surface area contributed by atoms with Crippen molar-refractivity contribution in [2.75, 3.05) is 0 Å². The monoisotopic (exact) mass is 249 g/mol. The van der Waals surface area contributed by atoms with Crippen molar-refractivity contribution in [1.82, 2.24) is 9.55 Å². The summed E-state index contributed by atoms with van der Waals surface area (Å²) >= 11 is 0. The number of nitrogens with zero attached hydrogens (tertiary/aromatic N) is 2. The topological polar surface area (TPSA) is 53.1 Å². The number of aryl methyl sites for hydroxylation is 1. The van der Waals surface area contributed by atoms with Crippen molar-refractivity contribution in [2.24, 2.45) is 12.8 Å². The Bertz CT molecular complexity index is 537. The number of imidazole rings is 1. The Hall–Kier alpha value is -1.88. The fraction of sp³-hybridized carbons (Fsp3) is 0.308. The fourth-order valence-electron chi connectivity index (χ4n) is 1.68. The fourth-order valence-corrected chi connectivity index (χ4v) is 1.68. The molecule has 2 aromatic rings. The molecule has 1 atom stereocenters. The molecule has 0 aliphatic rings. The summed E-state index contributed by atoms with van der Waals surface area (Å²) in [4.78, 5) is 3.99. The first kappa shape index (κ1) is 12.6. The lowest BCUT2D eigenvalue weighted by Crippen LogP contribution is -2.09. The molecule has 1 heterocycles. The number of hydrogen-bond acceptors (Lipinski definition) is 3. The van der Waals surface area contributed by atoms with Gasteiger partial charge in [0.15, 0.2) is 0 Å². The van der Waals surface area contributed by atoms with Crippen LogP contribution in [0.1, 0.15) is 24.2 Å². The van der Waals surface area contributed by atoms with Gasteiger partial charge in [-0.05, 0) is 13.0 Å². The number of rotatable bonds is 4. The van der Waals surface area contributed by atoms with Gasteiger partial charge in [-0.15, -0.1) is 0 Å². The quantitative estimate of drug-likeness (QED) is 0.903. The van der Waals surface area contributed by atoms with Gasteiger partial charge >= 0.3 is 0 Å². The highest BCUT2D eigenvalue weighted by Crippen LogP contribution is 2.25. The van der Waals surface area contributed by atoms with Gasteiger partial charge < -0.3 is 15.0 Å². The van der Waals surface area contributed by atoms with Crippen LogP contribution in [-0.2, 0) is 13.7 Å². The Labute approximate surface area is 105 Å². The Kier molecular flexibility index (Phi) is 3.62. The van der Waals surface area contributed by atoms with Crippen molar-refractivity contribution in [2.45, 2.75) is 19.6 Å². The molecule has 0 bridgehead atoms. The highest BCUT2D eigenvalue weighted by molar-refractivity contribution is 5.36. The van der Waals surface area contributed by atoms with E-state index in [9.17, 15) is 4.39 Å². The summed E-state index contributed by atoms with van der Waals surface area (Å²) in [5.74, 6) is 0.144. The van der Waals surface area contributed by atoms with E-state index in [1.807, 2.05) is 18.5 Å². The summed E-state index contributed by atoms with van der Waals surface area (Å²) in [5.41, 5.74) is 7.53. The molecule has 18 heavy (non-hydrogen) atoms. The zero-order chi connectivity index (χ0) is 13.1. The largest absolute Gasteiger partial charge is 0.487 e. The molecule has 0 fully saturated rings. The number of nitrogens with two attached hydrogens (primary N) is 1. The predicted molar refractivity (Wildman–Crippen MR) is 66.5 cm³/mol. The third-order valence-electron chi connectivity index (χ3n) is 2.76. The first-order chi connectivity index (χ1) is 8.58. The third-order valence-corrected chi connectivity index (χ3v) is 2.76. The summed E-state index contributed by atoms with van der Waals surface area (Å²) in [6.45, 7) is 2.17. The maximum Gasteiger partial charge on any atom is 0.130 e. The Morgan fingerprint density at radius 2 is 2.28 bits per heavy atom. The lowest BCUT2D eigenvalue weighted by atomic mass is 10.1. The molecule has 0 radical (unpaired) electrons. The lowest BCUT2D eigenvalue weighted by molar-refractivity contribution is 0.291.